The zero-order valence-electron chi connectivity index (χ0n) is 11.9. The molecule has 0 saturated carbocycles. The van der Waals surface area contributed by atoms with Gasteiger partial charge in [0.2, 0.25) is 0 Å². The van der Waals surface area contributed by atoms with E-state index in [0.29, 0.717) is 6.42 Å². The fourth-order valence-corrected chi connectivity index (χ4v) is 1.63. The van der Waals surface area contributed by atoms with Gasteiger partial charge in [-0.05, 0) is 59.3 Å². The first kappa shape index (κ1) is 16.4. The van der Waals surface area contributed by atoms with Crippen LogP contribution in [0.3, 0.4) is 0 Å². The summed E-state index contributed by atoms with van der Waals surface area (Å²) in [7, 11) is 3.80. The molecule has 0 rings (SSSR count). The Morgan fingerprint density at radius 1 is 1.41 bits per heavy atom. The number of nitrogens with zero attached hydrogens (tertiary/aromatic N) is 1. The molecule has 4 heteroatoms. The van der Waals surface area contributed by atoms with Gasteiger partial charge in [-0.15, -0.1) is 0 Å². The van der Waals surface area contributed by atoms with Crippen LogP contribution >= 0.6 is 0 Å². The Balaban J connectivity index is 3.85. The second kappa shape index (κ2) is 7.67. The third kappa shape index (κ3) is 6.64. The minimum Gasteiger partial charge on any atom is -0.480 e. The predicted octanol–water partition coefficient (Wildman–Crippen LogP) is 1.81. The number of carboxylic acid groups (broad SMARTS) is 1. The van der Waals surface area contributed by atoms with E-state index >= 15 is 0 Å². The molecule has 4 nitrogen and oxygen atoms in total. The number of hydrogen-bond acceptors (Lipinski definition) is 3. The third-order valence-corrected chi connectivity index (χ3v) is 3.33. The van der Waals surface area contributed by atoms with Gasteiger partial charge < -0.3 is 15.3 Å². The van der Waals surface area contributed by atoms with Crippen molar-refractivity contribution in [2.75, 3.05) is 27.2 Å². The van der Waals surface area contributed by atoms with Crippen molar-refractivity contribution in [3.05, 3.63) is 0 Å². The smallest absolute Gasteiger partial charge is 0.323 e. The van der Waals surface area contributed by atoms with Crippen molar-refractivity contribution < 1.29 is 9.90 Å². The number of rotatable bonds is 9. The van der Waals surface area contributed by atoms with Gasteiger partial charge in [-0.1, -0.05) is 13.8 Å². The van der Waals surface area contributed by atoms with Gasteiger partial charge in [0.15, 0.2) is 0 Å². The molecular formula is C13H28N2O2. The van der Waals surface area contributed by atoms with E-state index in [0.717, 1.165) is 25.4 Å². The SMILES string of the molecule is CNC(C)(CCCN(C)CCC(C)C)C(=O)O. The molecule has 0 fully saturated rings. The topological polar surface area (TPSA) is 52.6 Å². The van der Waals surface area contributed by atoms with Crippen molar-refractivity contribution in [2.45, 2.75) is 45.6 Å². The average Bonchev–Trinajstić information content (AvgIpc) is 2.25. The fourth-order valence-electron chi connectivity index (χ4n) is 1.63. The molecule has 1 atom stereocenters. The number of carboxylic acids is 1. The normalized spacial score (nSPS) is 15.2. The van der Waals surface area contributed by atoms with Crippen LogP contribution in [0.25, 0.3) is 0 Å². The molecule has 102 valence electrons. The van der Waals surface area contributed by atoms with Gasteiger partial charge in [0, 0.05) is 0 Å². The lowest BCUT2D eigenvalue weighted by atomic mass is 9.96. The van der Waals surface area contributed by atoms with E-state index in [-0.39, 0.29) is 0 Å². The van der Waals surface area contributed by atoms with Crippen LogP contribution in [0.4, 0.5) is 0 Å². The molecule has 0 heterocycles. The quantitative estimate of drug-likeness (QED) is 0.649. The van der Waals surface area contributed by atoms with E-state index in [4.69, 9.17) is 5.11 Å². The van der Waals surface area contributed by atoms with Crippen molar-refractivity contribution in [1.82, 2.24) is 10.2 Å². The minimum atomic E-state index is -0.793. The molecule has 0 aliphatic rings. The predicted molar refractivity (Wildman–Crippen MR) is 71.3 cm³/mol. The molecule has 0 saturated heterocycles. The summed E-state index contributed by atoms with van der Waals surface area (Å²) in [5, 5.41) is 12.0. The van der Waals surface area contributed by atoms with Crippen LogP contribution in [0.2, 0.25) is 0 Å². The van der Waals surface area contributed by atoms with Crippen molar-refractivity contribution in [3.8, 4) is 0 Å². The molecule has 1 unspecified atom stereocenters. The second-order valence-corrected chi connectivity index (χ2v) is 5.48. The van der Waals surface area contributed by atoms with Gasteiger partial charge in [-0.2, -0.15) is 0 Å². The zero-order chi connectivity index (χ0) is 13.5. The monoisotopic (exact) mass is 244 g/mol. The Hall–Kier alpha value is -0.610. The van der Waals surface area contributed by atoms with Crippen LogP contribution in [0, 0.1) is 5.92 Å². The third-order valence-electron chi connectivity index (χ3n) is 3.33. The fraction of sp³-hybridized carbons (Fsp3) is 0.923. The first-order valence-electron chi connectivity index (χ1n) is 6.42. The van der Waals surface area contributed by atoms with Crippen LogP contribution in [0.15, 0.2) is 0 Å². The molecule has 0 bridgehead atoms. The minimum absolute atomic E-state index is 0.658. The maximum Gasteiger partial charge on any atom is 0.323 e. The van der Waals surface area contributed by atoms with Crippen LogP contribution < -0.4 is 5.32 Å². The molecule has 0 aliphatic heterocycles. The van der Waals surface area contributed by atoms with Gasteiger partial charge in [0.25, 0.3) is 0 Å². The highest BCUT2D eigenvalue weighted by Crippen LogP contribution is 2.12. The molecule has 0 radical (unpaired) electrons. The zero-order valence-corrected chi connectivity index (χ0v) is 11.9. The largest absolute Gasteiger partial charge is 0.480 e. The Kier molecular flexibility index (Phi) is 7.39. The summed E-state index contributed by atoms with van der Waals surface area (Å²) < 4.78 is 0. The van der Waals surface area contributed by atoms with Crippen LogP contribution in [-0.2, 0) is 4.79 Å². The maximum atomic E-state index is 11.1. The first-order valence-corrected chi connectivity index (χ1v) is 6.42. The molecular weight excluding hydrogens is 216 g/mol. The van der Waals surface area contributed by atoms with Gasteiger partial charge in [0.1, 0.15) is 5.54 Å². The number of carbonyl (C=O) groups is 1. The van der Waals surface area contributed by atoms with Gasteiger partial charge in [-0.3, -0.25) is 4.79 Å². The summed E-state index contributed by atoms with van der Waals surface area (Å²) in [5.74, 6) is -0.0520. The average molecular weight is 244 g/mol. The van der Waals surface area contributed by atoms with Crippen LogP contribution in [0.1, 0.15) is 40.0 Å². The van der Waals surface area contributed by atoms with Crippen molar-refractivity contribution in [1.29, 1.82) is 0 Å². The number of nitrogens with one attached hydrogen (secondary N) is 1. The Bertz CT molecular complexity index is 231. The highest BCUT2D eigenvalue weighted by atomic mass is 16.4. The Morgan fingerprint density at radius 3 is 2.41 bits per heavy atom. The lowest BCUT2D eigenvalue weighted by Crippen LogP contribution is -2.47. The van der Waals surface area contributed by atoms with E-state index in [1.165, 1.54) is 6.42 Å². The molecule has 0 aromatic carbocycles. The second-order valence-electron chi connectivity index (χ2n) is 5.48. The van der Waals surface area contributed by atoms with Crippen molar-refractivity contribution in [3.63, 3.8) is 0 Å². The summed E-state index contributed by atoms with van der Waals surface area (Å²) in [6, 6.07) is 0. The summed E-state index contributed by atoms with van der Waals surface area (Å²) in [4.78, 5) is 13.3. The van der Waals surface area contributed by atoms with E-state index in [1.807, 2.05) is 0 Å². The van der Waals surface area contributed by atoms with E-state index < -0.39 is 11.5 Å². The highest BCUT2D eigenvalue weighted by Gasteiger charge is 2.30. The van der Waals surface area contributed by atoms with E-state index in [2.05, 4.69) is 31.1 Å². The molecule has 0 amide bonds. The van der Waals surface area contributed by atoms with Crippen LogP contribution in [0.5, 0.6) is 0 Å². The van der Waals surface area contributed by atoms with Crippen LogP contribution in [-0.4, -0.2) is 48.7 Å². The number of likely N-dealkylation sites (N-methyl/N-ethyl adjacent to an activating group) is 1. The lowest BCUT2D eigenvalue weighted by molar-refractivity contribution is -0.144. The number of hydrogen-bond donors (Lipinski definition) is 2. The summed E-state index contributed by atoms with van der Waals surface area (Å²) >= 11 is 0. The molecule has 0 aromatic rings. The Morgan fingerprint density at radius 2 is 2.00 bits per heavy atom. The van der Waals surface area contributed by atoms with Gasteiger partial charge in [-0.25, -0.2) is 0 Å². The summed E-state index contributed by atoms with van der Waals surface area (Å²) in [5.41, 5.74) is -0.793. The summed E-state index contributed by atoms with van der Waals surface area (Å²) in [6.45, 7) is 8.22. The highest BCUT2D eigenvalue weighted by molar-refractivity contribution is 5.78. The van der Waals surface area contributed by atoms with E-state index in [9.17, 15) is 4.79 Å². The van der Waals surface area contributed by atoms with Gasteiger partial charge >= 0.3 is 5.97 Å². The lowest BCUT2D eigenvalue weighted by Gasteiger charge is -2.25. The molecule has 17 heavy (non-hydrogen) atoms. The van der Waals surface area contributed by atoms with E-state index in [1.54, 1.807) is 14.0 Å². The molecule has 2 N–H and O–H groups in total. The van der Waals surface area contributed by atoms with Crippen molar-refractivity contribution >= 4 is 5.97 Å². The molecule has 0 aromatic heterocycles. The number of aliphatic carboxylic acids is 1. The first-order chi connectivity index (χ1) is 7.81. The molecule has 0 spiro atoms. The van der Waals surface area contributed by atoms with Gasteiger partial charge in [0.05, 0.1) is 0 Å². The van der Waals surface area contributed by atoms with Crippen molar-refractivity contribution in [2.24, 2.45) is 5.92 Å². The summed E-state index contributed by atoms with van der Waals surface area (Å²) in [6.07, 6.45) is 2.75. The standard InChI is InChI=1S/C13H28N2O2/c1-11(2)7-10-15(5)9-6-8-13(3,14-4)12(16)17/h11,14H,6-10H2,1-5H3,(H,16,17). The molecule has 0 aliphatic carbocycles. The Labute approximate surface area is 105 Å². The maximum absolute atomic E-state index is 11.1.